The first-order chi connectivity index (χ1) is 7.70. The molecule has 0 atom stereocenters. The lowest BCUT2D eigenvalue weighted by atomic mass is 10.2. The minimum Gasteiger partial charge on any atom is -0.316 e. The Labute approximate surface area is 98.0 Å². The third kappa shape index (κ3) is 5.03. The number of hydrogen-bond donors (Lipinski definition) is 1. The topological polar surface area (TPSA) is 37.8 Å². The van der Waals surface area contributed by atoms with Crippen LogP contribution in [-0.2, 0) is 0 Å². The van der Waals surface area contributed by atoms with Crippen molar-refractivity contribution in [1.29, 1.82) is 0 Å². The van der Waals surface area contributed by atoms with Gasteiger partial charge in [-0.3, -0.25) is 9.97 Å². The molecule has 16 heavy (non-hydrogen) atoms. The fraction of sp³-hybridized carbons (Fsp3) is 0.538. The van der Waals surface area contributed by atoms with Crippen LogP contribution in [0.25, 0.3) is 5.57 Å². The first-order valence-corrected chi connectivity index (χ1v) is 5.84. The van der Waals surface area contributed by atoms with Gasteiger partial charge < -0.3 is 5.32 Å². The SMILES string of the molecule is CC(=CCCNCC(C)C)c1cnccn1. The molecule has 0 aliphatic carbocycles. The van der Waals surface area contributed by atoms with Crippen LogP contribution in [0.15, 0.2) is 24.7 Å². The summed E-state index contributed by atoms with van der Waals surface area (Å²) in [5, 5.41) is 3.41. The number of rotatable bonds is 6. The Balaban J connectivity index is 2.29. The van der Waals surface area contributed by atoms with Crippen LogP contribution < -0.4 is 5.32 Å². The predicted molar refractivity (Wildman–Crippen MR) is 68.0 cm³/mol. The third-order valence-corrected chi connectivity index (χ3v) is 2.29. The lowest BCUT2D eigenvalue weighted by Gasteiger charge is -2.05. The van der Waals surface area contributed by atoms with Crippen LogP contribution in [-0.4, -0.2) is 23.1 Å². The van der Waals surface area contributed by atoms with E-state index in [1.54, 1.807) is 18.6 Å². The highest BCUT2D eigenvalue weighted by Crippen LogP contribution is 2.08. The van der Waals surface area contributed by atoms with Crippen molar-refractivity contribution in [2.24, 2.45) is 5.92 Å². The van der Waals surface area contributed by atoms with E-state index in [-0.39, 0.29) is 0 Å². The van der Waals surface area contributed by atoms with Crippen LogP contribution in [0.5, 0.6) is 0 Å². The number of nitrogens with zero attached hydrogens (tertiary/aromatic N) is 2. The van der Waals surface area contributed by atoms with E-state index in [4.69, 9.17) is 0 Å². The molecule has 0 fully saturated rings. The molecule has 0 saturated heterocycles. The van der Waals surface area contributed by atoms with Crippen LogP contribution >= 0.6 is 0 Å². The van der Waals surface area contributed by atoms with Gasteiger partial charge in [-0.2, -0.15) is 0 Å². The molecule has 0 aromatic carbocycles. The number of hydrogen-bond acceptors (Lipinski definition) is 3. The quantitative estimate of drug-likeness (QED) is 0.747. The van der Waals surface area contributed by atoms with E-state index in [1.807, 2.05) is 0 Å². The van der Waals surface area contributed by atoms with Crippen LogP contribution in [0.1, 0.15) is 32.9 Å². The summed E-state index contributed by atoms with van der Waals surface area (Å²) in [6.07, 6.45) is 8.46. The normalized spacial score (nSPS) is 12.1. The van der Waals surface area contributed by atoms with E-state index < -0.39 is 0 Å². The predicted octanol–water partition coefficient (Wildman–Crippen LogP) is 2.52. The Morgan fingerprint density at radius 3 is 2.88 bits per heavy atom. The first kappa shape index (κ1) is 12.8. The van der Waals surface area contributed by atoms with Crippen molar-refractivity contribution >= 4 is 5.57 Å². The van der Waals surface area contributed by atoms with Crippen LogP contribution in [0.3, 0.4) is 0 Å². The second-order valence-electron chi connectivity index (χ2n) is 4.36. The Bertz CT molecular complexity index is 317. The van der Waals surface area contributed by atoms with Crippen molar-refractivity contribution in [3.63, 3.8) is 0 Å². The standard InChI is InChI=1S/C13H21N3/c1-11(2)9-14-6-4-5-12(3)13-10-15-7-8-16-13/h5,7-8,10-11,14H,4,6,9H2,1-3H3. The molecule has 1 N–H and O–H groups in total. The van der Waals surface area contributed by atoms with Crippen molar-refractivity contribution in [3.8, 4) is 0 Å². The molecular formula is C13H21N3. The van der Waals surface area contributed by atoms with Gasteiger partial charge in [-0.15, -0.1) is 0 Å². The third-order valence-electron chi connectivity index (χ3n) is 2.29. The van der Waals surface area contributed by atoms with Gasteiger partial charge in [0.2, 0.25) is 0 Å². The molecule has 0 radical (unpaired) electrons. The zero-order valence-electron chi connectivity index (χ0n) is 10.4. The van der Waals surface area contributed by atoms with Gasteiger partial charge in [-0.05, 0) is 37.9 Å². The van der Waals surface area contributed by atoms with E-state index >= 15 is 0 Å². The Morgan fingerprint density at radius 2 is 2.25 bits per heavy atom. The molecule has 0 saturated carbocycles. The van der Waals surface area contributed by atoms with Gasteiger partial charge in [0.1, 0.15) is 0 Å². The maximum atomic E-state index is 4.25. The summed E-state index contributed by atoms with van der Waals surface area (Å²) in [5.41, 5.74) is 2.16. The molecule has 0 aliphatic heterocycles. The van der Waals surface area contributed by atoms with Crippen molar-refractivity contribution in [3.05, 3.63) is 30.4 Å². The van der Waals surface area contributed by atoms with Crippen molar-refractivity contribution in [1.82, 2.24) is 15.3 Å². The summed E-state index contributed by atoms with van der Waals surface area (Å²) >= 11 is 0. The Hall–Kier alpha value is -1.22. The summed E-state index contributed by atoms with van der Waals surface area (Å²) in [6, 6.07) is 0. The number of allylic oxidation sites excluding steroid dienone is 1. The maximum Gasteiger partial charge on any atom is 0.0838 e. The first-order valence-electron chi connectivity index (χ1n) is 5.84. The fourth-order valence-corrected chi connectivity index (χ4v) is 1.39. The Morgan fingerprint density at radius 1 is 1.44 bits per heavy atom. The molecule has 0 amide bonds. The van der Waals surface area contributed by atoms with Gasteiger partial charge in [0, 0.05) is 12.4 Å². The number of aromatic nitrogens is 2. The molecule has 1 aromatic heterocycles. The lowest BCUT2D eigenvalue weighted by Crippen LogP contribution is -2.20. The molecule has 1 aromatic rings. The molecule has 0 unspecified atom stereocenters. The summed E-state index contributed by atoms with van der Waals surface area (Å²) in [5.74, 6) is 0.713. The molecule has 3 nitrogen and oxygen atoms in total. The van der Waals surface area contributed by atoms with Gasteiger partial charge in [0.15, 0.2) is 0 Å². The van der Waals surface area contributed by atoms with E-state index in [1.165, 1.54) is 5.57 Å². The molecule has 0 aliphatic rings. The fourth-order valence-electron chi connectivity index (χ4n) is 1.39. The molecule has 3 heteroatoms. The van der Waals surface area contributed by atoms with E-state index in [0.29, 0.717) is 5.92 Å². The average molecular weight is 219 g/mol. The molecule has 1 rings (SSSR count). The zero-order valence-corrected chi connectivity index (χ0v) is 10.4. The number of nitrogens with one attached hydrogen (secondary N) is 1. The molecular weight excluding hydrogens is 198 g/mol. The van der Waals surface area contributed by atoms with Gasteiger partial charge in [-0.1, -0.05) is 19.9 Å². The second-order valence-corrected chi connectivity index (χ2v) is 4.36. The van der Waals surface area contributed by atoms with E-state index in [2.05, 4.69) is 42.1 Å². The Kier molecular flexibility index (Phi) is 5.72. The minimum atomic E-state index is 0.713. The van der Waals surface area contributed by atoms with Gasteiger partial charge in [0.25, 0.3) is 0 Å². The minimum absolute atomic E-state index is 0.713. The van der Waals surface area contributed by atoms with Crippen LogP contribution in [0, 0.1) is 5.92 Å². The molecule has 0 spiro atoms. The van der Waals surface area contributed by atoms with Crippen molar-refractivity contribution in [2.45, 2.75) is 27.2 Å². The van der Waals surface area contributed by atoms with Gasteiger partial charge >= 0.3 is 0 Å². The maximum absolute atomic E-state index is 4.25. The van der Waals surface area contributed by atoms with Gasteiger partial charge in [-0.25, -0.2) is 0 Å². The van der Waals surface area contributed by atoms with E-state index in [9.17, 15) is 0 Å². The molecule has 1 heterocycles. The van der Waals surface area contributed by atoms with Crippen LogP contribution in [0.2, 0.25) is 0 Å². The summed E-state index contributed by atoms with van der Waals surface area (Å²) in [6.45, 7) is 8.61. The zero-order chi connectivity index (χ0) is 11.8. The van der Waals surface area contributed by atoms with Crippen molar-refractivity contribution in [2.75, 3.05) is 13.1 Å². The van der Waals surface area contributed by atoms with E-state index in [0.717, 1.165) is 25.2 Å². The highest BCUT2D eigenvalue weighted by Gasteiger charge is 1.96. The molecule has 0 bridgehead atoms. The largest absolute Gasteiger partial charge is 0.316 e. The average Bonchev–Trinajstić information content (AvgIpc) is 2.29. The smallest absolute Gasteiger partial charge is 0.0838 e. The lowest BCUT2D eigenvalue weighted by molar-refractivity contribution is 0.557. The highest BCUT2D eigenvalue weighted by molar-refractivity contribution is 5.59. The highest BCUT2D eigenvalue weighted by atomic mass is 14.8. The van der Waals surface area contributed by atoms with Gasteiger partial charge in [0.05, 0.1) is 11.9 Å². The second kappa shape index (κ2) is 7.12. The summed E-state index contributed by atoms with van der Waals surface area (Å²) in [4.78, 5) is 8.31. The van der Waals surface area contributed by atoms with Crippen molar-refractivity contribution < 1.29 is 0 Å². The van der Waals surface area contributed by atoms with Crippen LogP contribution in [0.4, 0.5) is 0 Å². The monoisotopic (exact) mass is 219 g/mol. The molecule has 88 valence electrons. The summed E-state index contributed by atoms with van der Waals surface area (Å²) in [7, 11) is 0. The summed E-state index contributed by atoms with van der Waals surface area (Å²) < 4.78 is 0.